The van der Waals surface area contributed by atoms with Gasteiger partial charge in [0, 0.05) is 24.4 Å². The summed E-state index contributed by atoms with van der Waals surface area (Å²) in [5.74, 6) is 1.45. The smallest absolute Gasteiger partial charge is 0.333 e. The summed E-state index contributed by atoms with van der Waals surface area (Å²) >= 11 is 0. The first kappa shape index (κ1) is 26.8. The number of carboxylic acids is 1. The van der Waals surface area contributed by atoms with Gasteiger partial charge >= 0.3 is 5.97 Å². The summed E-state index contributed by atoms with van der Waals surface area (Å²) in [5, 5.41) is 9.28. The van der Waals surface area contributed by atoms with Gasteiger partial charge in [0.05, 0.1) is 13.2 Å². The van der Waals surface area contributed by atoms with E-state index < -0.39 is 12.1 Å². The molecule has 3 aromatic rings. The molecule has 6 heteroatoms. The third kappa shape index (κ3) is 7.62. The molecule has 1 aromatic heterocycles. The van der Waals surface area contributed by atoms with Crippen molar-refractivity contribution >= 4 is 5.97 Å². The van der Waals surface area contributed by atoms with Crippen LogP contribution in [0.4, 0.5) is 0 Å². The van der Waals surface area contributed by atoms with Gasteiger partial charge in [-0.1, -0.05) is 31.4 Å². The van der Waals surface area contributed by atoms with Crippen LogP contribution in [0, 0.1) is 12.8 Å². The Morgan fingerprint density at radius 2 is 1.62 bits per heavy atom. The van der Waals surface area contributed by atoms with E-state index in [-0.39, 0.29) is 0 Å². The second-order valence-electron chi connectivity index (χ2n) is 9.83. The lowest BCUT2D eigenvalue weighted by Crippen LogP contribution is -2.26. The van der Waals surface area contributed by atoms with Crippen molar-refractivity contribution in [3.63, 3.8) is 0 Å². The van der Waals surface area contributed by atoms with Crippen LogP contribution in [-0.4, -0.2) is 41.6 Å². The van der Waals surface area contributed by atoms with Crippen LogP contribution in [0.2, 0.25) is 0 Å². The molecule has 0 aliphatic heterocycles. The lowest BCUT2D eigenvalue weighted by Gasteiger charge is -2.21. The molecule has 0 bridgehead atoms. The van der Waals surface area contributed by atoms with Crippen molar-refractivity contribution in [2.24, 2.45) is 5.92 Å². The van der Waals surface area contributed by atoms with E-state index in [1.807, 2.05) is 24.3 Å². The molecule has 0 spiro atoms. The van der Waals surface area contributed by atoms with E-state index in [2.05, 4.69) is 47.9 Å². The lowest BCUT2D eigenvalue weighted by molar-refractivity contribution is -0.149. The van der Waals surface area contributed by atoms with Crippen LogP contribution < -0.4 is 9.47 Å². The Balaban J connectivity index is 1.30. The zero-order chi connectivity index (χ0) is 26.0. The Bertz CT molecular complexity index is 1110. The predicted molar refractivity (Wildman–Crippen MR) is 145 cm³/mol. The molecule has 1 atom stereocenters. The van der Waals surface area contributed by atoms with E-state index in [1.54, 1.807) is 6.92 Å². The van der Waals surface area contributed by atoms with Gasteiger partial charge in [0.2, 0.25) is 0 Å². The third-order valence-electron chi connectivity index (χ3n) is 7.13. The van der Waals surface area contributed by atoms with Crippen molar-refractivity contribution in [3.05, 3.63) is 71.9 Å². The molecular formula is C31H39NO5. The molecule has 1 heterocycles. The number of nitrogens with zero attached hydrogens (tertiary/aromatic N) is 1. The molecule has 37 heavy (non-hydrogen) atoms. The van der Waals surface area contributed by atoms with Crippen LogP contribution in [0.3, 0.4) is 0 Å². The van der Waals surface area contributed by atoms with Crippen molar-refractivity contribution < 1.29 is 24.1 Å². The van der Waals surface area contributed by atoms with Gasteiger partial charge in [-0.2, -0.15) is 0 Å². The Labute approximate surface area is 220 Å². The first-order valence-corrected chi connectivity index (χ1v) is 13.5. The zero-order valence-corrected chi connectivity index (χ0v) is 22.0. The van der Waals surface area contributed by atoms with Crippen molar-refractivity contribution in [2.75, 3.05) is 19.8 Å². The summed E-state index contributed by atoms with van der Waals surface area (Å²) in [7, 11) is 0. The minimum Gasteiger partial charge on any atom is -0.493 e. The molecule has 1 N–H and O–H groups in total. The van der Waals surface area contributed by atoms with Crippen molar-refractivity contribution in [1.82, 2.24) is 4.57 Å². The average molecular weight is 506 g/mol. The normalized spacial score (nSPS) is 14.9. The van der Waals surface area contributed by atoms with Gasteiger partial charge in [0.1, 0.15) is 18.1 Å². The van der Waals surface area contributed by atoms with Crippen LogP contribution in [-0.2, 0) is 22.5 Å². The number of rotatable bonds is 13. The Morgan fingerprint density at radius 1 is 0.946 bits per heavy atom. The van der Waals surface area contributed by atoms with E-state index in [0.717, 1.165) is 41.5 Å². The summed E-state index contributed by atoms with van der Waals surface area (Å²) in [6.07, 6.45) is 6.11. The molecule has 1 fully saturated rings. The summed E-state index contributed by atoms with van der Waals surface area (Å²) in [6, 6.07) is 20.3. The Kier molecular flexibility index (Phi) is 9.66. The highest BCUT2D eigenvalue weighted by molar-refractivity contribution is 5.72. The standard InChI is InChI=1S/C31H39NO5/c1-3-35-30(31(33)34)21-24-10-14-27(15-11-24)36-20-19-32-23(2)9-18-29(32)26-12-16-28(17-13-26)37-22-25-7-5-4-6-8-25/h9-18,25,30H,3-8,19-22H2,1-2H3,(H,33,34). The van der Waals surface area contributed by atoms with Gasteiger partial charge in [0.15, 0.2) is 6.10 Å². The fourth-order valence-electron chi connectivity index (χ4n) is 5.02. The first-order valence-electron chi connectivity index (χ1n) is 13.5. The van der Waals surface area contributed by atoms with Gasteiger partial charge in [-0.25, -0.2) is 4.79 Å². The number of benzene rings is 2. The summed E-state index contributed by atoms with van der Waals surface area (Å²) in [4.78, 5) is 11.3. The summed E-state index contributed by atoms with van der Waals surface area (Å²) in [6.45, 7) is 6.35. The van der Waals surface area contributed by atoms with Crippen molar-refractivity contribution in [2.45, 2.75) is 65.0 Å². The molecular weight excluding hydrogens is 466 g/mol. The molecule has 0 amide bonds. The number of carbonyl (C=O) groups is 1. The highest BCUT2D eigenvalue weighted by atomic mass is 16.5. The van der Waals surface area contributed by atoms with E-state index in [1.165, 1.54) is 37.8 Å². The molecule has 0 saturated heterocycles. The highest BCUT2D eigenvalue weighted by Gasteiger charge is 2.18. The number of hydrogen-bond acceptors (Lipinski definition) is 4. The van der Waals surface area contributed by atoms with Crippen LogP contribution in [0.5, 0.6) is 11.5 Å². The maximum atomic E-state index is 11.3. The molecule has 6 nitrogen and oxygen atoms in total. The van der Waals surface area contributed by atoms with Gasteiger partial charge in [-0.15, -0.1) is 0 Å². The van der Waals surface area contributed by atoms with E-state index in [4.69, 9.17) is 14.2 Å². The van der Waals surface area contributed by atoms with Gasteiger partial charge in [0.25, 0.3) is 0 Å². The first-order chi connectivity index (χ1) is 18.0. The van der Waals surface area contributed by atoms with Gasteiger partial charge in [-0.05, 0) is 92.3 Å². The fourth-order valence-corrected chi connectivity index (χ4v) is 5.02. The molecule has 0 radical (unpaired) electrons. The maximum absolute atomic E-state index is 11.3. The minimum absolute atomic E-state index is 0.333. The molecule has 1 saturated carbocycles. The largest absolute Gasteiger partial charge is 0.493 e. The summed E-state index contributed by atoms with van der Waals surface area (Å²) in [5.41, 5.74) is 4.40. The fraction of sp³-hybridized carbons (Fsp3) is 0.452. The molecule has 1 unspecified atom stereocenters. The number of aromatic nitrogens is 1. The SMILES string of the molecule is CCOC(Cc1ccc(OCCn2c(C)ccc2-c2ccc(OCC3CCCCC3)cc2)cc1)C(=O)O. The van der Waals surface area contributed by atoms with Crippen LogP contribution >= 0.6 is 0 Å². The summed E-state index contributed by atoms with van der Waals surface area (Å²) < 4.78 is 19.7. The molecule has 198 valence electrons. The quantitative estimate of drug-likeness (QED) is 0.286. The van der Waals surface area contributed by atoms with Crippen molar-refractivity contribution in [1.29, 1.82) is 0 Å². The zero-order valence-electron chi connectivity index (χ0n) is 22.0. The number of ether oxygens (including phenoxy) is 3. The number of hydrogen-bond donors (Lipinski definition) is 1. The lowest BCUT2D eigenvalue weighted by atomic mass is 9.90. The minimum atomic E-state index is -0.943. The maximum Gasteiger partial charge on any atom is 0.333 e. The van der Waals surface area contributed by atoms with Crippen LogP contribution in [0.25, 0.3) is 11.3 Å². The Morgan fingerprint density at radius 3 is 2.30 bits per heavy atom. The monoisotopic (exact) mass is 505 g/mol. The second-order valence-corrected chi connectivity index (χ2v) is 9.83. The third-order valence-corrected chi connectivity index (χ3v) is 7.13. The average Bonchev–Trinajstić information content (AvgIpc) is 3.29. The van der Waals surface area contributed by atoms with E-state index >= 15 is 0 Å². The van der Waals surface area contributed by atoms with Crippen molar-refractivity contribution in [3.8, 4) is 22.8 Å². The molecule has 1 aliphatic carbocycles. The van der Waals surface area contributed by atoms with E-state index in [9.17, 15) is 9.90 Å². The number of aliphatic carboxylic acids is 1. The Hall–Kier alpha value is -3.25. The topological polar surface area (TPSA) is 69.9 Å². The number of carboxylic acid groups (broad SMARTS) is 1. The molecule has 1 aliphatic rings. The number of aryl methyl sites for hydroxylation is 1. The van der Waals surface area contributed by atoms with Gasteiger partial charge < -0.3 is 23.9 Å². The van der Waals surface area contributed by atoms with E-state index in [0.29, 0.717) is 25.6 Å². The van der Waals surface area contributed by atoms with Gasteiger partial charge in [-0.3, -0.25) is 0 Å². The van der Waals surface area contributed by atoms with Crippen LogP contribution in [0.1, 0.15) is 50.3 Å². The predicted octanol–water partition coefficient (Wildman–Crippen LogP) is 6.53. The van der Waals surface area contributed by atoms with Crippen LogP contribution in [0.15, 0.2) is 60.7 Å². The molecule has 2 aromatic carbocycles. The molecule has 4 rings (SSSR count). The second kappa shape index (κ2) is 13.3. The highest BCUT2D eigenvalue weighted by Crippen LogP contribution is 2.27.